The third-order valence-corrected chi connectivity index (χ3v) is 6.73. The molecule has 2 aromatic carbocycles. The molecule has 9 nitrogen and oxygen atoms in total. The standard InChI is InChI=1S/C26H25N3O6S/c1-5-34-19-11-8-17(9-12-19)13-21-24(30)28-23(18-10-7-15(3)20(14-18)29(32)33)22(25(31)35-6-2)16(4)27-26(28)36-21/h7-14,23H,5-6H2,1-4H3/b21-13+/t23-/m0/s1. The third kappa shape index (κ3) is 4.72. The van der Waals surface area contributed by atoms with E-state index in [0.29, 0.717) is 32.8 Å². The van der Waals surface area contributed by atoms with Crippen LogP contribution >= 0.6 is 11.3 Å². The van der Waals surface area contributed by atoms with Gasteiger partial charge in [0.15, 0.2) is 4.80 Å². The van der Waals surface area contributed by atoms with Crippen molar-refractivity contribution in [2.45, 2.75) is 33.7 Å². The number of allylic oxidation sites excluding steroid dienone is 1. The molecule has 0 fully saturated rings. The van der Waals surface area contributed by atoms with Crippen LogP contribution in [0, 0.1) is 17.0 Å². The summed E-state index contributed by atoms with van der Waals surface area (Å²) in [6.45, 7) is 7.59. The Labute approximate surface area is 210 Å². The SMILES string of the molecule is CCOC(=O)C1=C(C)N=c2s/c(=C/c3ccc(OCC)cc3)c(=O)n2[C@H]1c1ccc(C)c([N+](=O)[O-])c1. The highest BCUT2D eigenvalue weighted by Crippen LogP contribution is 2.33. The zero-order valence-electron chi connectivity index (χ0n) is 20.3. The second kappa shape index (κ2) is 10.3. The molecular weight excluding hydrogens is 482 g/mol. The number of rotatable bonds is 7. The molecule has 36 heavy (non-hydrogen) atoms. The number of nitro benzene ring substituents is 1. The van der Waals surface area contributed by atoms with E-state index in [9.17, 15) is 19.7 Å². The molecule has 0 N–H and O–H groups in total. The summed E-state index contributed by atoms with van der Waals surface area (Å²) in [7, 11) is 0. The molecule has 0 saturated carbocycles. The zero-order valence-corrected chi connectivity index (χ0v) is 21.1. The number of hydrogen-bond donors (Lipinski definition) is 0. The molecule has 1 aliphatic rings. The lowest BCUT2D eigenvalue weighted by molar-refractivity contribution is -0.385. The van der Waals surface area contributed by atoms with Crippen LogP contribution in [0.5, 0.6) is 5.75 Å². The van der Waals surface area contributed by atoms with Crippen molar-refractivity contribution in [1.29, 1.82) is 0 Å². The molecule has 1 atom stereocenters. The molecule has 186 valence electrons. The van der Waals surface area contributed by atoms with Gasteiger partial charge in [0.25, 0.3) is 11.2 Å². The van der Waals surface area contributed by atoms with E-state index in [4.69, 9.17) is 9.47 Å². The topological polar surface area (TPSA) is 113 Å². The minimum Gasteiger partial charge on any atom is -0.494 e. The number of nitro groups is 1. The highest BCUT2D eigenvalue weighted by Gasteiger charge is 2.34. The summed E-state index contributed by atoms with van der Waals surface area (Å²) in [5, 5.41) is 11.6. The Balaban J connectivity index is 1.92. The van der Waals surface area contributed by atoms with E-state index < -0.39 is 16.9 Å². The van der Waals surface area contributed by atoms with Crippen molar-refractivity contribution in [1.82, 2.24) is 4.57 Å². The molecule has 0 bridgehead atoms. The zero-order chi connectivity index (χ0) is 26.0. The summed E-state index contributed by atoms with van der Waals surface area (Å²) in [5.74, 6) is 0.111. The molecule has 10 heteroatoms. The molecule has 0 unspecified atom stereocenters. The van der Waals surface area contributed by atoms with E-state index in [1.165, 1.54) is 22.0 Å². The number of carbonyl (C=O) groups excluding carboxylic acids is 1. The smallest absolute Gasteiger partial charge is 0.338 e. The number of aromatic nitrogens is 1. The van der Waals surface area contributed by atoms with E-state index in [1.807, 2.05) is 31.2 Å². The lowest BCUT2D eigenvalue weighted by atomic mass is 9.94. The van der Waals surface area contributed by atoms with Crippen LogP contribution in [0.1, 0.15) is 43.5 Å². The van der Waals surface area contributed by atoms with Crippen LogP contribution in [0.2, 0.25) is 0 Å². The van der Waals surface area contributed by atoms with Gasteiger partial charge in [-0.05, 0) is 57.0 Å². The van der Waals surface area contributed by atoms with Crippen molar-refractivity contribution < 1.29 is 19.2 Å². The van der Waals surface area contributed by atoms with Crippen molar-refractivity contribution >= 4 is 29.1 Å². The normalized spacial score (nSPS) is 15.3. The first-order valence-corrected chi connectivity index (χ1v) is 12.2. The van der Waals surface area contributed by atoms with Crippen molar-refractivity contribution in [3.63, 3.8) is 0 Å². The summed E-state index contributed by atoms with van der Waals surface area (Å²) in [6.07, 6.45) is 1.75. The molecule has 0 amide bonds. The Morgan fingerprint density at radius 3 is 2.53 bits per heavy atom. The van der Waals surface area contributed by atoms with Gasteiger partial charge in [0.1, 0.15) is 5.75 Å². The van der Waals surface area contributed by atoms with Crippen LogP contribution in [0.4, 0.5) is 5.69 Å². The van der Waals surface area contributed by atoms with Crippen molar-refractivity contribution in [3.8, 4) is 5.75 Å². The van der Waals surface area contributed by atoms with Crippen molar-refractivity contribution in [3.05, 3.63) is 100 Å². The van der Waals surface area contributed by atoms with Crippen LogP contribution in [0.3, 0.4) is 0 Å². The number of fused-ring (bicyclic) bond motifs is 1. The molecule has 0 saturated heterocycles. The molecule has 0 spiro atoms. The molecule has 4 rings (SSSR count). The van der Waals surface area contributed by atoms with E-state index in [0.717, 1.165) is 11.3 Å². The number of aryl methyl sites for hydroxylation is 1. The number of thiazole rings is 1. The minimum atomic E-state index is -0.915. The number of esters is 1. The molecule has 1 aromatic heterocycles. The van der Waals surface area contributed by atoms with Crippen molar-refractivity contribution in [2.75, 3.05) is 13.2 Å². The van der Waals surface area contributed by atoms with E-state index in [-0.39, 0.29) is 23.4 Å². The Hall–Kier alpha value is -4.05. The molecular formula is C26H25N3O6S. The van der Waals surface area contributed by atoms with Gasteiger partial charge >= 0.3 is 5.97 Å². The van der Waals surface area contributed by atoms with Gasteiger partial charge in [-0.2, -0.15) is 0 Å². The number of ether oxygens (including phenoxy) is 2. The average molecular weight is 508 g/mol. The van der Waals surface area contributed by atoms with E-state index in [1.54, 1.807) is 39.0 Å². The van der Waals surface area contributed by atoms with E-state index in [2.05, 4.69) is 4.99 Å². The van der Waals surface area contributed by atoms with Crippen molar-refractivity contribution in [2.24, 2.45) is 4.99 Å². The van der Waals surface area contributed by atoms with Gasteiger partial charge < -0.3 is 9.47 Å². The second-order valence-corrected chi connectivity index (χ2v) is 9.12. The fourth-order valence-electron chi connectivity index (χ4n) is 4.08. The maximum absolute atomic E-state index is 13.6. The Morgan fingerprint density at radius 1 is 1.17 bits per heavy atom. The molecule has 0 radical (unpaired) electrons. The molecule has 2 heterocycles. The highest BCUT2D eigenvalue weighted by molar-refractivity contribution is 7.07. The quantitative estimate of drug-likeness (QED) is 0.275. The monoisotopic (exact) mass is 507 g/mol. The predicted octanol–water partition coefficient (Wildman–Crippen LogP) is 3.41. The molecule has 0 aliphatic carbocycles. The number of benzene rings is 2. The van der Waals surface area contributed by atoms with Crippen LogP contribution in [-0.2, 0) is 9.53 Å². The van der Waals surface area contributed by atoms with Crippen LogP contribution in [-0.4, -0.2) is 28.7 Å². The molecule has 1 aliphatic heterocycles. The minimum absolute atomic E-state index is 0.0955. The first-order valence-electron chi connectivity index (χ1n) is 11.4. The lowest BCUT2D eigenvalue weighted by Gasteiger charge is -2.24. The number of carbonyl (C=O) groups is 1. The van der Waals surface area contributed by atoms with E-state index >= 15 is 0 Å². The first-order chi connectivity index (χ1) is 17.2. The molecule has 3 aromatic rings. The van der Waals surface area contributed by atoms with Crippen LogP contribution in [0.15, 0.2) is 63.5 Å². The van der Waals surface area contributed by atoms with Gasteiger partial charge in [0.05, 0.1) is 40.0 Å². The maximum atomic E-state index is 13.6. The number of nitrogens with zero attached hydrogens (tertiary/aromatic N) is 3. The first kappa shape index (κ1) is 25.1. The van der Waals surface area contributed by atoms with Gasteiger partial charge in [-0.3, -0.25) is 19.5 Å². The summed E-state index contributed by atoms with van der Waals surface area (Å²) in [5.41, 5.74) is 1.83. The number of hydrogen-bond acceptors (Lipinski definition) is 8. The fraction of sp³-hybridized carbons (Fsp3) is 0.269. The summed E-state index contributed by atoms with van der Waals surface area (Å²) < 4.78 is 12.6. The second-order valence-electron chi connectivity index (χ2n) is 8.11. The van der Waals surface area contributed by atoms with Gasteiger partial charge in [0, 0.05) is 11.6 Å². The summed E-state index contributed by atoms with van der Waals surface area (Å²) in [6, 6.07) is 11.1. The third-order valence-electron chi connectivity index (χ3n) is 5.75. The van der Waals surface area contributed by atoms with Crippen LogP contribution in [0.25, 0.3) is 6.08 Å². The van der Waals surface area contributed by atoms with Gasteiger partial charge in [-0.1, -0.05) is 35.6 Å². The van der Waals surface area contributed by atoms with Gasteiger partial charge in [0.2, 0.25) is 0 Å². The largest absolute Gasteiger partial charge is 0.494 e. The van der Waals surface area contributed by atoms with Gasteiger partial charge in [-0.25, -0.2) is 9.79 Å². The Bertz CT molecular complexity index is 1550. The Morgan fingerprint density at radius 2 is 1.89 bits per heavy atom. The maximum Gasteiger partial charge on any atom is 0.338 e. The van der Waals surface area contributed by atoms with Crippen LogP contribution < -0.4 is 19.6 Å². The highest BCUT2D eigenvalue weighted by atomic mass is 32.1. The summed E-state index contributed by atoms with van der Waals surface area (Å²) >= 11 is 1.19. The average Bonchev–Trinajstić information content (AvgIpc) is 3.14. The fourth-order valence-corrected chi connectivity index (χ4v) is 5.13. The lowest BCUT2D eigenvalue weighted by Crippen LogP contribution is -2.40. The summed E-state index contributed by atoms with van der Waals surface area (Å²) in [4.78, 5) is 42.7. The predicted molar refractivity (Wildman–Crippen MR) is 136 cm³/mol. The van der Waals surface area contributed by atoms with Gasteiger partial charge in [-0.15, -0.1) is 0 Å². The Kier molecular flexibility index (Phi) is 7.16.